The maximum absolute atomic E-state index is 12.3. The Labute approximate surface area is 164 Å². The molecule has 0 radical (unpaired) electrons. The number of aryl methyl sites for hydroxylation is 1. The van der Waals surface area contributed by atoms with Gasteiger partial charge in [-0.1, -0.05) is 41.6 Å². The molecular formula is C22H20ClN3O. The second-order valence-corrected chi connectivity index (χ2v) is 6.60. The van der Waals surface area contributed by atoms with Gasteiger partial charge in [-0.2, -0.15) is 5.10 Å². The molecule has 4 nitrogen and oxygen atoms in total. The van der Waals surface area contributed by atoms with Crippen LogP contribution < -0.4 is 5.32 Å². The zero-order valence-electron chi connectivity index (χ0n) is 15.3. The fraction of sp³-hybridized carbons (Fsp3) is 0.182. The average Bonchev–Trinajstić information content (AvgIpc) is 2.95. The number of hydrogen-bond acceptors (Lipinski definition) is 2. The van der Waals surface area contributed by atoms with Gasteiger partial charge in [0.2, 0.25) is 5.91 Å². The first-order valence-corrected chi connectivity index (χ1v) is 9.04. The van der Waals surface area contributed by atoms with Crippen LogP contribution in [0.1, 0.15) is 22.5 Å². The lowest BCUT2D eigenvalue weighted by atomic mass is 10.1. The molecule has 0 spiro atoms. The number of nitrogens with one attached hydrogen (secondary N) is 1. The number of benzene rings is 2. The summed E-state index contributed by atoms with van der Waals surface area (Å²) in [5, 5.41) is 8.09. The van der Waals surface area contributed by atoms with Crippen LogP contribution in [0, 0.1) is 25.7 Å². The molecule has 3 aromatic rings. The Hall–Kier alpha value is -3.03. The summed E-state index contributed by atoms with van der Waals surface area (Å²) in [6.45, 7) is 4.20. The van der Waals surface area contributed by atoms with Gasteiger partial charge in [0.25, 0.3) is 0 Å². The Balaban J connectivity index is 1.64. The Bertz CT molecular complexity index is 996. The summed E-state index contributed by atoms with van der Waals surface area (Å²) in [6, 6.07) is 17.2. The molecule has 0 atom stereocenters. The molecule has 0 bridgehead atoms. The highest BCUT2D eigenvalue weighted by Gasteiger charge is 2.15. The van der Waals surface area contributed by atoms with E-state index in [9.17, 15) is 4.79 Å². The molecule has 5 heteroatoms. The molecule has 1 N–H and O–H groups in total. The van der Waals surface area contributed by atoms with Gasteiger partial charge in [-0.15, -0.1) is 0 Å². The molecule has 0 saturated carbocycles. The average molecular weight is 378 g/mol. The lowest BCUT2D eigenvalue weighted by molar-refractivity contribution is -0.120. The van der Waals surface area contributed by atoms with Crippen molar-refractivity contribution in [2.75, 3.05) is 6.54 Å². The van der Waals surface area contributed by atoms with Crippen LogP contribution in [0.4, 0.5) is 0 Å². The maximum Gasteiger partial charge on any atom is 0.225 e. The van der Waals surface area contributed by atoms with Gasteiger partial charge in [-0.3, -0.25) is 4.79 Å². The predicted octanol–water partition coefficient (Wildman–Crippen LogP) is 3.85. The second-order valence-electron chi connectivity index (χ2n) is 6.16. The van der Waals surface area contributed by atoms with Crippen molar-refractivity contribution >= 4 is 17.5 Å². The van der Waals surface area contributed by atoms with Crippen LogP contribution in [-0.4, -0.2) is 22.2 Å². The van der Waals surface area contributed by atoms with Gasteiger partial charge in [0.15, 0.2) is 0 Å². The summed E-state index contributed by atoms with van der Waals surface area (Å²) in [4.78, 5) is 12.3. The van der Waals surface area contributed by atoms with Crippen LogP contribution in [0.3, 0.4) is 0 Å². The van der Waals surface area contributed by atoms with E-state index in [1.807, 2.05) is 73.1 Å². The third-order valence-electron chi connectivity index (χ3n) is 4.23. The number of halogens is 1. The fourth-order valence-corrected chi connectivity index (χ4v) is 2.92. The third kappa shape index (κ3) is 4.78. The molecule has 1 heterocycles. The quantitative estimate of drug-likeness (QED) is 0.702. The van der Waals surface area contributed by atoms with E-state index in [0.29, 0.717) is 11.6 Å². The Morgan fingerprint density at radius 1 is 1.11 bits per heavy atom. The van der Waals surface area contributed by atoms with E-state index in [0.717, 1.165) is 28.2 Å². The van der Waals surface area contributed by atoms with Gasteiger partial charge in [-0.05, 0) is 50.2 Å². The molecule has 0 unspecified atom stereocenters. The van der Waals surface area contributed by atoms with Crippen LogP contribution in [0.25, 0.3) is 5.69 Å². The summed E-state index contributed by atoms with van der Waals surface area (Å²) in [5.74, 6) is 5.92. The van der Waals surface area contributed by atoms with Crippen molar-refractivity contribution < 1.29 is 4.79 Å². The van der Waals surface area contributed by atoms with Crippen molar-refractivity contribution in [3.05, 3.63) is 82.1 Å². The van der Waals surface area contributed by atoms with Crippen molar-refractivity contribution in [3.63, 3.8) is 0 Å². The molecule has 1 aromatic heterocycles. The number of rotatable bonds is 4. The Kier molecular flexibility index (Phi) is 5.95. The third-order valence-corrected chi connectivity index (χ3v) is 4.48. The van der Waals surface area contributed by atoms with Gasteiger partial charge >= 0.3 is 0 Å². The number of carbonyl (C=O) groups excluding carboxylic acids is 1. The maximum atomic E-state index is 12.3. The first-order chi connectivity index (χ1) is 13.0. The van der Waals surface area contributed by atoms with E-state index < -0.39 is 0 Å². The van der Waals surface area contributed by atoms with E-state index in [1.54, 1.807) is 0 Å². The van der Waals surface area contributed by atoms with Gasteiger partial charge in [0.05, 0.1) is 24.3 Å². The zero-order chi connectivity index (χ0) is 19.2. The zero-order valence-corrected chi connectivity index (χ0v) is 16.0. The molecule has 27 heavy (non-hydrogen) atoms. The highest BCUT2D eigenvalue weighted by molar-refractivity contribution is 6.30. The fourth-order valence-electron chi connectivity index (χ4n) is 2.80. The monoisotopic (exact) mass is 377 g/mol. The number of carbonyl (C=O) groups is 1. The summed E-state index contributed by atoms with van der Waals surface area (Å²) in [7, 11) is 0. The Morgan fingerprint density at radius 2 is 1.81 bits per heavy atom. The topological polar surface area (TPSA) is 46.9 Å². The van der Waals surface area contributed by atoms with Crippen LogP contribution in [-0.2, 0) is 11.2 Å². The molecule has 0 aliphatic rings. The van der Waals surface area contributed by atoms with E-state index in [1.165, 1.54) is 0 Å². The molecule has 3 rings (SSSR count). The van der Waals surface area contributed by atoms with Crippen LogP contribution in [0.15, 0.2) is 54.6 Å². The van der Waals surface area contributed by atoms with Crippen molar-refractivity contribution in [3.8, 4) is 17.5 Å². The van der Waals surface area contributed by atoms with E-state index in [-0.39, 0.29) is 12.3 Å². The van der Waals surface area contributed by atoms with Gasteiger partial charge in [0.1, 0.15) is 0 Å². The SMILES string of the molecule is Cc1nn(-c2ccc(Cl)cc2)c(C)c1CC(=O)NCC#Cc1ccccc1. The molecular weight excluding hydrogens is 358 g/mol. The minimum Gasteiger partial charge on any atom is -0.345 e. The summed E-state index contributed by atoms with van der Waals surface area (Å²) in [6.07, 6.45) is 0.276. The minimum atomic E-state index is -0.0702. The largest absolute Gasteiger partial charge is 0.345 e. The molecule has 1 amide bonds. The molecule has 0 saturated heterocycles. The summed E-state index contributed by atoms with van der Waals surface area (Å²) in [5.41, 5.74) is 4.56. The molecule has 0 fully saturated rings. The van der Waals surface area contributed by atoms with Crippen LogP contribution >= 0.6 is 11.6 Å². The molecule has 136 valence electrons. The lowest BCUT2D eigenvalue weighted by Gasteiger charge is -2.06. The van der Waals surface area contributed by atoms with E-state index in [4.69, 9.17) is 11.6 Å². The van der Waals surface area contributed by atoms with Gasteiger partial charge in [0, 0.05) is 21.8 Å². The number of nitrogens with zero attached hydrogens (tertiary/aromatic N) is 2. The molecule has 0 aliphatic heterocycles. The van der Waals surface area contributed by atoms with Crippen molar-refractivity contribution in [2.24, 2.45) is 0 Å². The number of amides is 1. The van der Waals surface area contributed by atoms with Gasteiger partial charge < -0.3 is 5.32 Å². The second kappa shape index (κ2) is 8.57. The molecule has 0 aliphatic carbocycles. The van der Waals surface area contributed by atoms with Crippen molar-refractivity contribution in [2.45, 2.75) is 20.3 Å². The molecule has 2 aromatic carbocycles. The predicted molar refractivity (Wildman–Crippen MR) is 108 cm³/mol. The van der Waals surface area contributed by atoms with Crippen molar-refractivity contribution in [1.29, 1.82) is 0 Å². The van der Waals surface area contributed by atoms with E-state index >= 15 is 0 Å². The first kappa shape index (κ1) is 18.8. The smallest absolute Gasteiger partial charge is 0.225 e. The number of aromatic nitrogens is 2. The highest BCUT2D eigenvalue weighted by Crippen LogP contribution is 2.20. The normalized spacial score (nSPS) is 10.2. The van der Waals surface area contributed by atoms with Crippen LogP contribution in [0.5, 0.6) is 0 Å². The summed E-state index contributed by atoms with van der Waals surface area (Å²) < 4.78 is 1.84. The standard InChI is InChI=1S/C22H20ClN3O/c1-16-21(17(2)26(25-16)20-12-10-19(23)11-13-20)15-22(27)24-14-6-9-18-7-4-3-5-8-18/h3-5,7-8,10-13H,14-15H2,1-2H3,(H,24,27). The van der Waals surface area contributed by atoms with E-state index in [2.05, 4.69) is 22.3 Å². The number of hydrogen-bond donors (Lipinski definition) is 1. The van der Waals surface area contributed by atoms with Crippen molar-refractivity contribution in [1.82, 2.24) is 15.1 Å². The lowest BCUT2D eigenvalue weighted by Crippen LogP contribution is -2.25. The minimum absolute atomic E-state index is 0.0702. The van der Waals surface area contributed by atoms with Gasteiger partial charge in [-0.25, -0.2) is 4.68 Å². The summed E-state index contributed by atoms with van der Waals surface area (Å²) >= 11 is 5.95. The highest BCUT2D eigenvalue weighted by atomic mass is 35.5. The first-order valence-electron chi connectivity index (χ1n) is 8.66. The Morgan fingerprint density at radius 3 is 2.52 bits per heavy atom. The van der Waals surface area contributed by atoms with Crippen LogP contribution in [0.2, 0.25) is 5.02 Å².